The summed E-state index contributed by atoms with van der Waals surface area (Å²) in [4.78, 5) is 4.40. The lowest BCUT2D eigenvalue weighted by Crippen LogP contribution is -2.13. The van der Waals surface area contributed by atoms with Crippen LogP contribution in [0.4, 0.5) is 10.1 Å². The van der Waals surface area contributed by atoms with Crippen LogP contribution < -0.4 is 20.9 Å². The molecule has 0 saturated heterocycles. The van der Waals surface area contributed by atoms with Crippen LogP contribution in [0.3, 0.4) is 0 Å². The van der Waals surface area contributed by atoms with Crippen LogP contribution in [0, 0.1) is 5.82 Å². The fourth-order valence-electron chi connectivity index (χ4n) is 2.31. The average molecular weight is 360 g/mol. The summed E-state index contributed by atoms with van der Waals surface area (Å²) in [7, 11) is 3.24. The minimum Gasteiger partial charge on any atom is -0.496 e. The molecule has 0 aromatic heterocycles. The van der Waals surface area contributed by atoms with Gasteiger partial charge in [0.2, 0.25) is 0 Å². The van der Waals surface area contributed by atoms with Gasteiger partial charge in [-0.15, -0.1) is 0 Å². The number of benzene rings is 2. The van der Waals surface area contributed by atoms with Crippen LogP contribution in [0.5, 0.6) is 5.75 Å². The summed E-state index contributed by atoms with van der Waals surface area (Å²) in [6.45, 7) is 0. The number of nitrogens with zero attached hydrogens (tertiary/aromatic N) is 1. The number of hydrogen-bond donors (Lipinski definition) is 3. The lowest BCUT2D eigenvalue weighted by Gasteiger charge is -2.12. The number of halogens is 1. The van der Waals surface area contributed by atoms with Gasteiger partial charge >= 0.3 is 0 Å². The van der Waals surface area contributed by atoms with Crippen molar-refractivity contribution >= 4 is 29.2 Å². The first-order chi connectivity index (χ1) is 12.1. The Morgan fingerprint density at radius 2 is 2.12 bits per heavy atom. The maximum absolute atomic E-state index is 13.4. The van der Waals surface area contributed by atoms with Crippen LogP contribution in [-0.4, -0.2) is 20.0 Å². The van der Waals surface area contributed by atoms with Crippen molar-refractivity contribution in [2.75, 3.05) is 14.2 Å². The van der Waals surface area contributed by atoms with Gasteiger partial charge in [0.05, 0.1) is 12.8 Å². The molecule has 0 unspecified atom stereocenters. The number of aliphatic imine (C=N–C) groups is 1. The van der Waals surface area contributed by atoms with Crippen molar-refractivity contribution in [3.63, 3.8) is 0 Å². The van der Waals surface area contributed by atoms with Crippen molar-refractivity contribution in [1.82, 2.24) is 5.32 Å². The molecule has 25 heavy (non-hydrogen) atoms. The van der Waals surface area contributed by atoms with Gasteiger partial charge < -0.3 is 15.8 Å². The zero-order valence-electron chi connectivity index (χ0n) is 14.1. The molecular formula is C18H21FN4OS. The molecular weight excluding hydrogens is 339 g/mol. The van der Waals surface area contributed by atoms with Crippen molar-refractivity contribution in [2.24, 2.45) is 15.9 Å². The van der Waals surface area contributed by atoms with Gasteiger partial charge in [0.15, 0.2) is 0 Å². The molecule has 0 bridgehead atoms. The molecule has 0 spiro atoms. The number of nitrogens with two attached hydrogens (primary N) is 2. The minimum absolute atomic E-state index is 0.313. The number of hydrogen-bond acceptors (Lipinski definition) is 5. The van der Waals surface area contributed by atoms with Crippen molar-refractivity contribution in [3.8, 4) is 5.75 Å². The third-order valence-electron chi connectivity index (χ3n) is 3.43. The molecule has 0 radical (unpaired) electrons. The molecule has 5 N–H and O–H groups in total. The molecule has 0 aliphatic rings. The highest BCUT2D eigenvalue weighted by molar-refractivity contribution is 7.96. The van der Waals surface area contributed by atoms with Crippen LogP contribution in [-0.2, 0) is 5.75 Å². The lowest BCUT2D eigenvalue weighted by molar-refractivity contribution is 0.409. The average Bonchev–Trinajstić information content (AvgIpc) is 2.60. The van der Waals surface area contributed by atoms with E-state index in [-0.39, 0.29) is 5.82 Å². The maximum atomic E-state index is 13.4. The highest BCUT2D eigenvalue weighted by Gasteiger charge is 2.09. The van der Waals surface area contributed by atoms with Gasteiger partial charge in [-0.1, -0.05) is 24.1 Å². The Kier molecular flexibility index (Phi) is 6.85. The van der Waals surface area contributed by atoms with Crippen LogP contribution in [0.15, 0.2) is 53.5 Å². The summed E-state index contributed by atoms with van der Waals surface area (Å²) in [6, 6.07) is 12.0. The van der Waals surface area contributed by atoms with Gasteiger partial charge in [-0.25, -0.2) is 9.38 Å². The van der Waals surface area contributed by atoms with Crippen LogP contribution >= 0.6 is 11.9 Å². The standard InChI is InChI=1S/C18H21FN4OS/c1-22-16(15-7-6-13(19)9-17(15)24-2)10-18(20)23-14-5-3-4-12(8-14)11-25-21/h3-10,22H,11,21H2,1-2H3,(H2,20,23)/b16-10-. The van der Waals surface area contributed by atoms with E-state index in [2.05, 4.69) is 10.3 Å². The zero-order valence-corrected chi connectivity index (χ0v) is 14.9. The fraction of sp³-hybridized carbons (Fsp3) is 0.167. The molecule has 132 valence electrons. The maximum Gasteiger partial charge on any atom is 0.131 e. The number of nitrogens with one attached hydrogen (secondary N) is 1. The summed E-state index contributed by atoms with van der Waals surface area (Å²) in [6.07, 6.45) is 1.68. The summed E-state index contributed by atoms with van der Waals surface area (Å²) < 4.78 is 18.6. The molecule has 2 aromatic carbocycles. The molecule has 2 aromatic rings. The van der Waals surface area contributed by atoms with E-state index in [0.29, 0.717) is 28.6 Å². The Morgan fingerprint density at radius 1 is 1.32 bits per heavy atom. The Hall–Kier alpha value is -2.51. The Balaban J connectivity index is 2.34. The van der Waals surface area contributed by atoms with Gasteiger partial charge in [0, 0.05) is 36.2 Å². The molecule has 5 nitrogen and oxygen atoms in total. The first kappa shape index (κ1) is 18.8. The first-order valence-corrected chi connectivity index (χ1v) is 8.60. The molecule has 7 heteroatoms. The molecule has 0 heterocycles. The highest BCUT2D eigenvalue weighted by Crippen LogP contribution is 2.25. The second-order valence-corrected chi connectivity index (χ2v) is 5.79. The summed E-state index contributed by atoms with van der Waals surface area (Å²) in [5.74, 6) is 1.06. The summed E-state index contributed by atoms with van der Waals surface area (Å²) in [5.41, 5.74) is 9.23. The van der Waals surface area contributed by atoms with E-state index < -0.39 is 0 Å². The number of rotatable bonds is 7. The van der Waals surface area contributed by atoms with E-state index in [1.165, 1.54) is 31.2 Å². The van der Waals surface area contributed by atoms with Crippen molar-refractivity contribution < 1.29 is 9.13 Å². The van der Waals surface area contributed by atoms with Crippen LogP contribution in [0.1, 0.15) is 11.1 Å². The van der Waals surface area contributed by atoms with Crippen molar-refractivity contribution in [2.45, 2.75) is 5.75 Å². The summed E-state index contributed by atoms with van der Waals surface area (Å²) >= 11 is 1.25. The monoisotopic (exact) mass is 360 g/mol. The van der Waals surface area contributed by atoms with Crippen molar-refractivity contribution in [3.05, 3.63) is 65.5 Å². The number of ether oxygens (including phenoxy) is 1. The quantitative estimate of drug-likeness (QED) is 0.401. The smallest absolute Gasteiger partial charge is 0.131 e. The van der Waals surface area contributed by atoms with Crippen LogP contribution in [0.25, 0.3) is 5.70 Å². The summed E-state index contributed by atoms with van der Waals surface area (Å²) in [5, 5.41) is 8.54. The Bertz CT molecular complexity index is 792. The molecule has 2 rings (SSSR count). The topological polar surface area (TPSA) is 85.7 Å². The van der Waals surface area contributed by atoms with E-state index in [4.69, 9.17) is 15.6 Å². The van der Waals surface area contributed by atoms with Gasteiger partial charge in [0.25, 0.3) is 0 Å². The van der Waals surface area contributed by atoms with Gasteiger partial charge in [-0.2, -0.15) is 0 Å². The van der Waals surface area contributed by atoms with E-state index in [9.17, 15) is 4.39 Å². The second kappa shape index (κ2) is 9.10. The van der Waals surface area contributed by atoms with E-state index >= 15 is 0 Å². The third-order valence-corrected chi connectivity index (χ3v) is 3.93. The highest BCUT2D eigenvalue weighted by atomic mass is 32.2. The number of amidine groups is 1. The first-order valence-electron chi connectivity index (χ1n) is 7.55. The zero-order chi connectivity index (χ0) is 18.2. The molecule has 0 saturated carbocycles. The second-order valence-electron chi connectivity index (χ2n) is 5.17. The van der Waals surface area contributed by atoms with Crippen LogP contribution in [0.2, 0.25) is 0 Å². The SMILES string of the molecule is CN/C(=C\C(N)=Nc1cccc(CSN)c1)c1ccc(F)cc1OC. The van der Waals surface area contributed by atoms with E-state index in [1.807, 2.05) is 24.3 Å². The predicted octanol–water partition coefficient (Wildman–Crippen LogP) is 3.19. The fourth-order valence-corrected chi connectivity index (χ4v) is 2.69. The van der Waals surface area contributed by atoms with Gasteiger partial charge in [0.1, 0.15) is 17.4 Å². The van der Waals surface area contributed by atoms with Gasteiger partial charge in [-0.3, -0.25) is 5.14 Å². The van der Waals surface area contributed by atoms with Gasteiger partial charge in [-0.05, 0) is 29.8 Å². The molecule has 0 fully saturated rings. The molecule has 0 aliphatic heterocycles. The third kappa shape index (κ3) is 5.23. The van der Waals surface area contributed by atoms with E-state index in [1.54, 1.807) is 19.2 Å². The Labute approximate surface area is 151 Å². The lowest BCUT2D eigenvalue weighted by atomic mass is 10.1. The van der Waals surface area contributed by atoms with Crippen molar-refractivity contribution in [1.29, 1.82) is 0 Å². The molecule has 0 aliphatic carbocycles. The predicted molar refractivity (Wildman–Crippen MR) is 103 cm³/mol. The normalized spacial score (nSPS) is 12.2. The Morgan fingerprint density at radius 3 is 2.80 bits per heavy atom. The largest absolute Gasteiger partial charge is 0.496 e. The van der Waals surface area contributed by atoms with E-state index in [0.717, 1.165) is 11.3 Å². The molecule has 0 amide bonds. The number of methoxy groups -OCH3 is 1. The minimum atomic E-state index is -0.368. The molecule has 0 atom stereocenters.